The molecular formula is C15H23ClN2. The monoisotopic (exact) mass is 266 g/mol. The van der Waals surface area contributed by atoms with Crippen molar-refractivity contribution in [3.63, 3.8) is 0 Å². The Labute approximate surface area is 115 Å². The summed E-state index contributed by atoms with van der Waals surface area (Å²) in [6, 6.07) is 6.79. The van der Waals surface area contributed by atoms with E-state index in [-0.39, 0.29) is 0 Å². The molecule has 0 radical (unpaired) electrons. The van der Waals surface area contributed by atoms with Crippen LogP contribution in [-0.4, -0.2) is 20.1 Å². The van der Waals surface area contributed by atoms with Gasteiger partial charge in [0.25, 0.3) is 0 Å². The molecule has 1 aliphatic rings. The molecular weight excluding hydrogens is 244 g/mol. The Morgan fingerprint density at radius 3 is 2.83 bits per heavy atom. The molecule has 1 heterocycles. The van der Waals surface area contributed by atoms with Gasteiger partial charge < -0.3 is 10.2 Å². The minimum absolute atomic E-state index is 0.346. The van der Waals surface area contributed by atoms with Crippen molar-refractivity contribution in [2.75, 3.05) is 25.0 Å². The highest BCUT2D eigenvalue weighted by Crippen LogP contribution is 2.33. The van der Waals surface area contributed by atoms with E-state index in [9.17, 15) is 0 Å². The molecule has 1 aliphatic heterocycles. The van der Waals surface area contributed by atoms with Crippen molar-refractivity contribution in [2.45, 2.75) is 32.7 Å². The van der Waals surface area contributed by atoms with Crippen molar-refractivity contribution in [1.82, 2.24) is 5.32 Å². The molecule has 0 aromatic heterocycles. The second kappa shape index (κ2) is 5.94. The summed E-state index contributed by atoms with van der Waals surface area (Å²) < 4.78 is 0. The van der Waals surface area contributed by atoms with Crippen LogP contribution in [0.2, 0.25) is 5.02 Å². The van der Waals surface area contributed by atoms with E-state index in [4.69, 9.17) is 11.6 Å². The first kappa shape index (κ1) is 13.7. The Balaban J connectivity index is 2.15. The largest absolute Gasteiger partial charge is 0.370 e. The predicted octanol–water partition coefficient (Wildman–Crippen LogP) is 3.86. The summed E-state index contributed by atoms with van der Waals surface area (Å²) >= 11 is 6.43. The van der Waals surface area contributed by atoms with Gasteiger partial charge in [0, 0.05) is 19.1 Å². The molecule has 100 valence electrons. The lowest BCUT2D eigenvalue weighted by Gasteiger charge is -2.21. The summed E-state index contributed by atoms with van der Waals surface area (Å²) in [5.41, 5.74) is 2.44. The van der Waals surface area contributed by atoms with Crippen molar-refractivity contribution in [3.05, 3.63) is 28.8 Å². The van der Waals surface area contributed by atoms with Crippen molar-refractivity contribution in [2.24, 2.45) is 5.92 Å². The van der Waals surface area contributed by atoms with Crippen LogP contribution in [0.1, 0.15) is 38.3 Å². The maximum Gasteiger partial charge on any atom is 0.0642 e. The summed E-state index contributed by atoms with van der Waals surface area (Å²) in [5.74, 6) is 0.831. The molecule has 2 atom stereocenters. The van der Waals surface area contributed by atoms with E-state index in [1.165, 1.54) is 24.1 Å². The van der Waals surface area contributed by atoms with E-state index in [1.54, 1.807) is 0 Å². The van der Waals surface area contributed by atoms with E-state index in [0.29, 0.717) is 6.04 Å². The van der Waals surface area contributed by atoms with Gasteiger partial charge in [-0.15, -0.1) is 0 Å². The molecule has 2 rings (SSSR count). The van der Waals surface area contributed by atoms with Crippen molar-refractivity contribution in [3.8, 4) is 0 Å². The Hall–Kier alpha value is -0.730. The second-order valence-corrected chi connectivity index (χ2v) is 5.64. The summed E-state index contributed by atoms with van der Waals surface area (Å²) in [7, 11) is 1.97. The van der Waals surface area contributed by atoms with E-state index < -0.39 is 0 Å². The third kappa shape index (κ3) is 2.81. The van der Waals surface area contributed by atoms with E-state index in [0.717, 1.165) is 24.0 Å². The summed E-state index contributed by atoms with van der Waals surface area (Å²) in [6.07, 6.45) is 2.56. The van der Waals surface area contributed by atoms with Crippen LogP contribution in [0, 0.1) is 5.92 Å². The lowest BCUT2D eigenvalue weighted by Crippen LogP contribution is -2.20. The lowest BCUT2D eigenvalue weighted by atomic mass is 10.1. The minimum Gasteiger partial charge on any atom is -0.370 e. The fourth-order valence-electron chi connectivity index (χ4n) is 2.60. The summed E-state index contributed by atoms with van der Waals surface area (Å²) in [4.78, 5) is 2.42. The third-order valence-electron chi connectivity index (χ3n) is 4.11. The van der Waals surface area contributed by atoms with Gasteiger partial charge in [-0.05, 0) is 44.0 Å². The SMILES string of the molecule is CCC1CCN(c2ccc(C(C)NC)cc2Cl)C1. The Kier molecular flexibility index (Phi) is 4.52. The molecule has 18 heavy (non-hydrogen) atoms. The molecule has 1 saturated heterocycles. The summed E-state index contributed by atoms with van der Waals surface area (Å²) in [6.45, 7) is 6.71. The number of anilines is 1. The standard InChI is InChI=1S/C15H23ClN2/c1-4-12-7-8-18(10-12)15-6-5-13(9-14(15)16)11(2)17-3/h5-6,9,11-12,17H,4,7-8,10H2,1-3H3. The molecule has 2 nitrogen and oxygen atoms in total. The quantitative estimate of drug-likeness (QED) is 0.890. The van der Waals surface area contributed by atoms with Gasteiger partial charge in [-0.2, -0.15) is 0 Å². The fraction of sp³-hybridized carbons (Fsp3) is 0.600. The Morgan fingerprint density at radius 1 is 1.50 bits per heavy atom. The predicted molar refractivity (Wildman–Crippen MR) is 79.5 cm³/mol. The number of hydrogen-bond acceptors (Lipinski definition) is 2. The molecule has 1 fully saturated rings. The van der Waals surface area contributed by atoms with E-state index in [2.05, 4.69) is 42.3 Å². The number of nitrogens with zero attached hydrogens (tertiary/aromatic N) is 1. The maximum atomic E-state index is 6.43. The average molecular weight is 267 g/mol. The van der Waals surface area contributed by atoms with Gasteiger partial charge in [-0.3, -0.25) is 0 Å². The number of hydrogen-bond donors (Lipinski definition) is 1. The zero-order chi connectivity index (χ0) is 13.1. The van der Waals surface area contributed by atoms with Crippen molar-refractivity contribution in [1.29, 1.82) is 0 Å². The molecule has 0 amide bonds. The second-order valence-electron chi connectivity index (χ2n) is 5.23. The van der Waals surface area contributed by atoms with Gasteiger partial charge >= 0.3 is 0 Å². The third-order valence-corrected chi connectivity index (χ3v) is 4.41. The molecule has 0 aliphatic carbocycles. The highest BCUT2D eigenvalue weighted by atomic mass is 35.5. The highest BCUT2D eigenvalue weighted by Gasteiger charge is 2.22. The van der Waals surface area contributed by atoms with Crippen LogP contribution in [0.15, 0.2) is 18.2 Å². The molecule has 1 N–H and O–H groups in total. The van der Waals surface area contributed by atoms with Gasteiger partial charge in [0.05, 0.1) is 10.7 Å². The van der Waals surface area contributed by atoms with Crippen LogP contribution < -0.4 is 10.2 Å². The Morgan fingerprint density at radius 2 is 2.28 bits per heavy atom. The van der Waals surface area contributed by atoms with E-state index in [1.807, 2.05) is 7.05 Å². The van der Waals surface area contributed by atoms with Gasteiger partial charge in [-0.25, -0.2) is 0 Å². The number of rotatable bonds is 4. The van der Waals surface area contributed by atoms with Crippen molar-refractivity contribution >= 4 is 17.3 Å². The molecule has 1 aromatic carbocycles. The first-order chi connectivity index (χ1) is 8.65. The minimum atomic E-state index is 0.346. The van der Waals surface area contributed by atoms with Gasteiger partial charge in [-0.1, -0.05) is 31.0 Å². The highest BCUT2D eigenvalue weighted by molar-refractivity contribution is 6.33. The smallest absolute Gasteiger partial charge is 0.0642 e. The lowest BCUT2D eigenvalue weighted by molar-refractivity contribution is 0.569. The molecule has 0 spiro atoms. The molecule has 0 saturated carbocycles. The van der Waals surface area contributed by atoms with Crippen LogP contribution in [0.4, 0.5) is 5.69 Å². The summed E-state index contributed by atoms with van der Waals surface area (Å²) in [5, 5.41) is 4.12. The fourth-order valence-corrected chi connectivity index (χ4v) is 2.91. The van der Waals surface area contributed by atoms with Crippen LogP contribution >= 0.6 is 11.6 Å². The van der Waals surface area contributed by atoms with Crippen LogP contribution in [0.25, 0.3) is 0 Å². The zero-order valence-electron chi connectivity index (χ0n) is 11.5. The number of halogens is 1. The topological polar surface area (TPSA) is 15.3 Å². The zero-order valence-corrected chi connectivity index (χ0v) is 12.3. The average Bonchev–Trinajstić information content (AvgIpc) is 2.86. The van der Waals surface area contributed by atoms with Crippen LogP contribution in [0.3, 0.4) is 0 Å². The van der Waals surface area contributed by atoms with Crippen molar-refractivity contribution < 1.29 is 0 Å². The number of nitrogens with one attached hydrogen (secondary N) is 1. The van der Waals surface area contributed by atoms with Crippen LogP contribution in [-0.2, 0) is 0 Å². The maximum absolute atomic E-state index is 6.43. The molecule has 2 unspecified atom stereocenters. The molecule has 3 heteroatoms. The van der Waals surface area contributed by atoms with E-state index >= 15 is 0 Å². The normalized spacial score (nSPS) is 21.3. The van der Waals surface area contributed by atoms with Crippen LogP contribution in [0.5, 0.6) is 0 Å². The van der Waals surface area contributed by atoms with Gasteiger partial charge in [0.2, 0.25) is 0 Å². The Bertz CT molecular complexity index is 405. The number of benzene rings is 1. The van der Waals surface area contributed by atoms with Gasteiger partial charge in [0.15, 0.2) is 0 Å². The molecule has 0 bridgehead atoms. The first-order valence-corrected chi connectivity index (χ1v) is 7.25. The first-order valence-electron chi connectivity index (χ1n) is 6.87. The van der Waals surface area contributed by atoms with Gasteiger partial charge in [0.1, 0.15) is 0 Å². The molecule has 1 aromatic rings.